The molecule has 0 aromatic heterocycles. The first-order valence-corrected chi connectivity index (χ1v) is 6.35. The van der Waals surface area contributed by atoms with Crippen molar-refractivity contribution in [2.45, 2.75) is 53.8 Å². The Hall–Kier alpha value is -1.38. The molecule has 2 rings (SSSR count). The summed E-state index contributed by atoms with van der Waals surface area (Å²) in [6, 6.07) is -4.69. The molecule has 0 spiro atoms. The summed E-state index contributed by atoms with van der Waals surface area (Å²) in [6.07, 6.45) is -17.8. The van der Waals surface area contributed by atoms with E-state index in [0.29, 0.717) is 0 Å². The monoisotopic (exact) mass is 436 g/mol. The average molecular weight is 436 g/mol. The van der Waals surface area contributed by atoms with Crippen LogP contribution in [0, 0.1) is 5.41 Å². The molecule has 0 N–H and O–H groups in total. The van der Waals surface area contributed by atoms with E-state index < -0.39 is 65.2 Å². The Morgan fingerprint density at radius 2 is 1.11 bits per heavy atom. The zero-order chi connectivity index (χ0) is 21.8. The smallest absolute Gasteiger partial charge is 0.260 e. The van der Waals surface area contributed by atoms with Crippen LogP contribution in [-0.4, -0.2) is 59.8 Å². The molecule has 0 heterocycles. The van der Waals surface area contributed by atoms with Gasteiger partial charge in [0.2, 0.25) is 11.6 Å². The lowest BCUT2D eigenvalue weighted by molar-refractivity contribution is -0.490. The first-order chi connectivity index (χ1) is 11.7. The molecule has 2 bridgehead atoms. The van der Waals surface area contributed by atoms with Crippen LogP contribution < -0.4 is 0 Å². The summed E-state index contributed by atoms with van der Waals surface area (Å²) in [7, 11) is 0. The largest absolute Gasteiger partial charge is 0.335 e. The van der Waals surface area contributed by atoms with Crippen molar-refractivity contribution in [2.24, 2.45) is 5.41 Å². The van der Waals surface area contributed by atoms with Crippen LogP contribution in [0.2, 0.25) is 0 Å². The molecule has 2 saturated carbocycles. The van der Waals surface area contributed by atoms with E-state index in [1.807, 2.05) is 0 Å². The second-order valence-electron chi connectivity index (χ2n) is 5.93. The van der Waals surface area contributed by atoms with E-state index in [1.54, 1.807) is 0 Å². The van der Waals surface area contributed by atoms with Crippen molar-refractivity contribution in [1.82, 2.24) is 0 Å². The number of hydrogen-bond acceptors (Lipinski definition) is 1. The third-order valence-corrected chi connectivity index (χ3v) is 4.84. The summed E-state index contributed by atoms with van der Waals surface area (Å²) in [6.45, 7) is 0. The molecule has 16 heteroatoms. The van der Waals surface area contributed by atoms with Gasteiger partial charge < -0.3 is 0 Å². The third-order valence-electron chi connectivity index (χ3n) is 4.84. The fraction of sp³-hybridized carbons (Fsp3) is 0.909. The highest BCUT2D eigenvalue weighted by atomic mass is 19.3. The van der Waals surface area contributed by atoms with E-state index in [9.17, 15) is 70.7 Å². The fourth-order valence-corrected chi connectivity index (χ4v) is 3.37. The summed E-state index contributed by atoms with van der Waals surface area (Å²) in [5, 5.41) is 0. The van der Waals surface area contributed by atoms with E-state index in [-0.39, 0.29) is 0 Å². The topological polar surface area (TPSA) is 17.1 Å². The molecule has 2 fully saturated rings. The van der Waals surface area contributed by atoms with Gasteiger partial charge in [-0.3, -0.25) is 4.79 Å². The Morgan fingerprint density at radius 1 is 0.704 bits per heavy atom. The van der Waals surface area contributed by atoms with Crippen LogP contribution in [-0.2, 0) is 4.79 Å². The van der Waals surface area contributed by atoms with Crippen LogP contribution in [0.1, 0.15) is 0 Å². The van der Waals surface area contributed by atoms with E-state index in [4.69, 9.17) is 0 Å². The highest BCUT2D eigenvalue weighted by Crippen LogP contribution is 2.78. The molecule has 27 heavy (non-hydrogen) atoms. The maximum Gasteiger partial charge on any atom is 0.335 e. The molecule has 5 unspecified atom stereocenters. The predicted octanol–water partition coefficient (Wildman–Crippen LogP) is 4.40. The first kappa shape index (κ1) is 21.9. The quantitative estimate of drug-likeness (QED) is 0.464. The zero-order valence-corrected chi connectivity index (χ0v) is 11.8. The van der Waals surface area contributed by atoms with Gasteiger partial charge in [0.25, 0.3) is 12.1 Å². The minimum atomic E-state index is -7.68. The SMILES string of the molecule is O=C(F)C12C(F)C(F)(C(F)F)C(F)(F)C(F)(C(F)(F)C(F)C1(F)F)C2(F)F. The maximum atomic E-state index is 14.3. The Morgan fingerprint density at radius 3 is 1.44 bits per heavy atom. The van der Waals surface area contributed by atoms with Gasteiger partial charge in [-0.15, -0.1) is 0 Å². The van der Waals surface area contributed by atoms with Gasteiger partial charge in [-0.25, -0.2) is 43.9 Å². The number of alkyl halides is 14. The Balaban J connectivity index is 3.19. The molecule has 0 aromatic carbocycles. The van der Waals surface area contributed by atoms with Crippen molar-refractivity contribution in [3.05, 3.63) is 0 Å². The standard InChI is InChI=1S/C11H3F15O/c12-1-5(4(16)27)7(18,19)2(13)8(20,21)9(22,10(5,23)24)11(25,26)6(1,17)3(14)15/h1-3H. The fourth-order valence-electron chi connectivity index (χ4n) is 3.37. The number of rotatable bonds is 2. The van der Waals surface area contributed by atoms with Crippen LogP contribution >= 0.6 is 0 Å². The molecule has 2 aliphatic carbocycles. The van der Waals surface area contributed by atoms with Crippen molar-refractivity contribution in [1.29, 1.82) is 0 Å². The van der Waals surface area contributed by atoms with E-state index in [2.05, 4.69) is 0 Å². The summed E-state index contributed by atoms with van der Waals surface area (Å²) in [4.78, 5) is 10.7. The molecule has 1 nitrogen and oxygen atoms in total. The minimum Gasteiger partial charge on any atom is -0.260 e. The van der Waals surface area contributed by atoms with Crippen LogP contribution in [0.5, 0.6) is 0 Å². The lowest BCUT2D eigenvalue weighted by Crippen LogP contribution is -2.95. The van der Waals surface area contributed by atoms with Crippen LogP contribution in [0.25, 0.3) is 0 Å². The van der Waals surface area contributed by atoms with Gasteiger partial charge in [-0.05, 0) is 0 Å². The molecule has 0 radical (unpaired) electrons. The van der Waals surface area contributed by atoms with Gasteiger partial charge in [0.1, 0.15) is 0 Å². The molecule has 2 aliphatic rings. The molecular weight excluding hydrogens is 433 g/mol. The number of carbonyl (C=O) groups is 1. The molecule has 5 atom stereocenters. The first-order valence-electron chi connectivity index (χ1n) is 6.35. The van der Waals surface area contributed by atoms with Crippen LogP contribution in [0.4, 0.5) is 65.9 Å². The third kappa shape index (κ3) is 1.60. The predicted molar refractivity (Wildman–Crippen MR) is 51.8 cm³/mol. The van der Waals surface area contributed by atoms with E-state index >= 15 is 0 Å². The molecule has 0 aliphatic heterocycles. The summed E-state index contributed by atoms with van der Waals surface area (Å²) < 4.78 is 205. The van der Waals surface area contributed by atoms with E-state index in [1.165, 1.54) is 0 Å². The molecule has 0 amide bonds. The van der Waals surface area contributed by atoms with Gasteiger partial charge in [-0.2, -0.15) is 22.0 Å². The second-order valence-corrected chi connectivity index (χ2v) is 5.93. The van der Waals surface area contributed by atoms with Crippen molar-refractivity contribution in [3.8, 4) is 0 Å². The van der Waals surface area contributed by atoms with Gasteiger partial charge >= 0.3 is 35.4 Å². The van der Waals surface area contributed by atoms with Crippen molar-refractivity contribution in [2.75, 3.05) is 0 Å². The molecule has 0 aromatic rings. The van der Waals surface area contributed by atoms with Gasteiger partial charge in [-0.1, -0.05) is 0 Å². The number of hydrogen-bond donors (Lipinski definition) is 0. The maximum absolute atomic E-state index is 14.3. The molecule has 0 saturated heterocycles. The average Bonchev–Trinajstić information content (AvgIpc) is 2.48. The Kier molecular flexibility index (Phi) is 4.03. The van der Waals surface area contributed by atoms with Crippen molar-refractivity contribution >= 4 is 6.04 Å². The van der Waals surface area contributed by atoms with Crippen molar-refractivity contribution in [3.63, 3.8) is 0 Å². The lowest BCUT2D eigenvalue weighted by Gasteiger charge is -2.63. The summed E-state index contributed by atoms with van der Waals surface area (Å²) in [5.74, 6) is -29.7. The number of carbonyl (C=O) groups excluding carboxylic acids is 1. The Bertz CT molecular complexity index is 675. The highest BCUT2D eigenvalue weighted by Gasteiger charge is 3.08. The van der Waals surface area contributed by atoms with E-state index in [0.717, 1.165) is 0 Å². The highest BCUT2D eigenvalue weighted by molar-refractivity contribution is 5.82. The second kappa shape index (κ2) is 4.96. The summed E-state index contributed by atoms with van der Waals surface area (Å²) >= 11 is 0. The number of halogens is 15. The van der Waals surface area contributed by atoms with Gasteiger partial charge in [0.05, 0.1) is 0 Å². The number of fused-ring (bicyclic) bond motifs is 2. The van der Waals surface area contributed by atoms with Crippen molar-refractivity contribution < 1.29 is 70.7 Å². The zero-order valence-electron chi connectivity index (χ0n) is 11.8. The molecular formula is C11H3F15O. The normalized spacial score (nSPS) is 47.0. The minimum absolute atomic E-state index is 4.69. The summed E-state index contributed by atoms with van der Waals surface area (Å²) in [5.41, 5.74) is -21.6. The van der Waals surface area contributed by atoms with Gasteiger partial charge in [0, 0.05) is 0 Å². The molecule has 158 valence electrons. The van der Waals surface area contributed by atoms with Crippen LogP contribution in [0.15, 0.2) is 0 Å². The Labute approximate surface area is 137 Å². The lowest BCUT2D eigenvalue weighted by atomic mass is 9.48. The van der Waals surface area contributed by atoms with Crippen LogP contribution in [0.3, 0.4) is 0 Å². The van der Waals surface area contributed by atoms with Gasteiger partial charge in [0.15, 0.2) is 6.17 Å².